The summed E-state index contributed by atoms with van der Waals surface area (Å²) in [7, 11) is 0. The van der Waals surface area contributed by atoms with E-state index in [1.165, 1.54) is 0 Å². The number of H-pyrrole nitrogens is 1. The summed E-state index contributed by atoms with van der Waals surface area (Å²) < 4.78 is 0. The highest BCUT2D eigenvalue weighted by atomic mass is 15.1. The molecule has 4 heteroatoms. The zero-order valence-electron chi connectivity index (χ0n) is 8.70. The third kappa shape index (κ3) is 2.41. The van der Waals surface area contributed by atoms with E-state index < -0.39 is 0 Å². The van der Waals surface area contributed by atoms with E-state index in [-0.39, 0.29) is 0 Å². The van der Waals surface area contributed by atoms with E-state index in [2.05, 4.69) is 21.2 Å². The second-order valence-electron chi connectivity index (χ2n) is 3.62. The number of nitrogens with two attached hydrogens (primary N) is 1. The Kier molecular flexibility index (Phi) is 2.78. The molecule has 0 aliphatic heterocycles. The van der Waals surface area contributed by atoms with Crippen molar-refractivity contribution in [2.45, 2.75) is 19.9 Å². The van der Waals surface area contributed by atoms with E-state index >= 15 is 0 Å². The number of nitrogens with zero attached hydrogens (tertiary/aromatic N) is 2. The Morgan fingerprint density at radius 2 is 2.07 bits per heavy atom. The number of pyridine rings is 1. The number of aromatic amines is 1. The van der Waals surface area contributed by atoms with Gasteiger partial charge in [-0.2, -0.15) is 5.10 Å². The highest BCUT2D eigenvalue weighted by Gasteiger charge is 2.01. The van der Waals surface area contributed by atoms with Crippen LogP contribution in [0.5, 0.6) is 0 Å². The summed E-state index contributed by atoms with van der Waals surface area (Å²) in [5.74, 6) is 0. The molecule has 15 heavy (non-hydrogen) atoms. The van der Waals surface area contributed by atoms with Gasteiger partial charge in [0.05, 0.1) is 5.69 Å². The van der Waals surface area contributed by atoms with Crippen molar-refractivity contribution in [1.29, 1.82) is 0 Å². The lowest BCUT2D eigenvalue weighted by Gasteiger charge is -2.00. The number of hydrogen-bond acceptors (Lipinski definition) is 3. The van der Waals surface area contributed by atoms with Gasteiger partial charge in [-0.1, -0.05) is 6.07 Å². The van der Waals surface area contributed by atoms with Crippen molar-refractivity contribution in [3.05, 3.63) is 47.0 Å². The Hall–Kier alpha value is -1.68. The molecule has 0 amide bonds. The fourth-order valence-corrected chi connectivity index (χ4v) is 1.52. The molecule has 0 aliphatic carbocycles. The fourth-order valence-electron chi connectivity index (χ4n) is 1.52. The first kappa shape index (κ1) is 9.86. The number of aryl methyl sites for hydroxylation is 1. The summed E-state index contributed by atoms with van der Waals surface area (Å²) in [6.45, 7) is 2.52. The molecule has 78 valence electrons. The highest BCUT2D eigenvalue weighted by Crippen LogP contribution is 2.08. The first-order chi connectivity index (χ1) is 7.28. The Balaban J connectivity index is 2.16. The monoisotopic (exact) mass is 202 g/mol. The van der Waals surface area contributed by atoms with Crippen molar-refractivity contribution >= 4 is 0 Å². The van der Waals surface area contributed by atoms with Gasteiger partial charge in [-0.3, -0.25) is 10.1 Å². The maximum absolute atomic E-state index is 5.55. The summed E-state index contributed by atoms with van der Waals surface area (Å²) in [5, 5.41) is 7.10. The lowest BCUT2D eigenvalue weighted by atomic mass is 10.1. The van der Waals surface area contributed by atoms with Crippen molar-refractivity contribution in [2.75, 3.05) is 0 Å². The van der Waals surface area contributed by atoms with Crippen LogP contribution in [-0.4, -0.2) is 15.2 Å². The zero-order chi connectivity index (χ0) is 10.7. The average Bonchev–Trinajstić information content (AvgIpc) is 2.64. The molecule has 2 aromatic heterocycles. The fraction of sp³-hybridized carbons (Fsp3) is 0.273. The van der Waals surface area contributed by atoms with E-state index in [1.807, 2.05) is 19.2 Å². The van der Waals surface area contributed by atoms with Gasteiger partial charge in [0, 0.05) is 31.1 Å². The van der Waals surface area contributed by atoms with Gasteiger partial charge in [0.15, 0.2) is 0 Å². The van der Waals surface area contributed by atoms with Crippen LogP contribution < -0.4 is 5.73 Å². The first-order valence-electron chi connectivity index (χ1n) is 4.91. The molecule has 0 atom stereocenters. The number of hydrogen-bond donors (Lipinski definition) is 2. The Bertz CT molecular complexity index is 447. The molecule has 0 unspecified atom stereocenters. The van der Waals surface area contributed by atoms with Crippen LogP contribution in [0.4, 0.5) is 0 Å². The van der Waals surface area contributed by atoms with Gasteiger partial charge in [-0.15, -0.1) is 0 Å². The van der Waals surface area contributed by atoms with Crippen LogP contribution in [0, 0.1) is 6.92 Å². The average molecular weight is 202 g/mol. The minimum absolute atomic E-state index is 0.528. The molecule has 0 saturated heterocycles. The molecule has 0 saturated carbocycles. The van der Waals surface area contributed by atoms with Crippen molar-refractivity contribution in [3.63, 3.8) is 0 Å². The second-order valence-corrected chi connectivity index (χ2v) is 3.62. The van der Waals surface area contributed by atoms with Crippen molar-refractivity contribution in [1.82, 2.24) is 15.2 Å². The molecule has 3 N–H and O–H groups in total. The van der Waals surface area contributed by atoms with Gasteiger partial charge >= 0.3 is 0 Å². The summed E-state index contributed by atoms with van der Waals surface area (Å²) >= 11 is 0. The van der Waals surface area contributed by atoms with Gasteiger partial charge in [0.1, 0.15) is 0 Å². The van der Waals surface area contributed by atoms with Gasteiger partial charge in [-0.25, -0.2) is 0 Å². The van der Waals surface area contributed by atoms with E-state index in [1.54, 1.807) is 6.20 Å². The third-order valence-corrected chi connectivity index (χ3v) is 2.23. The third-order valence-electron chi connectivity index (χ3n) is 2.23. The number of rotatable bonds is 3. The normalized spacial score (nSPS) is 10.5. The van der Waals surface area contributed by atoms with Crippen LogP contribution in [0.2, 0.25) is 0 Å². The van der Waals surface area contributed by atoms with E-state index in [9.17, 15) is 0 Å². The zero-order valence-corrected chi connectivity index (χ0v) is 8.70. The predicted molar refractivity (Wildman–Crippen MR) is 58.3 cm³/mol. The minimum atomic E-state index is 0.528. The van der Waals surface area contributed by atoms with Crippen molar-refractivity contribution < 1.29 is 0 Å². The summed E-state index contributed by atoms with van der Waals surface area (Å²) in [6, 6.07) is 4.10. The largest absolute Gasteiger partial charge is 0.326 e. The molecule has 2 aromatic rings. The Morgan fingerprint density at radius 3 is 2.73 bits per heavy atom. The number of aromatic nitrogens is 3. The molecule has 0 aromatic carbocycles. The highest BCUT2D eigenvalue weighted by molar-refractivity contribution is 5.23. The maximum Gasteiger partial charge on any atom is 0.0669 e. The maximum atomic E-state index is 5.55. The van der Waals surface area contributed by atoms with Crippen molar-refractivity contribution in [2.24, 2.45) is 5.73 Å². The molecule has 0 bridgehead atoms. The summed E-state index contributed by atoms with van der Waals surface area (Å²) in [6.07, 6.45) is 4.44. The molecule has 0 radical (unpaired) electrons. The first-order valence-corrected chi connectivity index (χ1v) is 4.91. The van der Waals surface area contributed by atoms with Gasteiger partial charge in [0.25, 0.3) is 0 Å². The summed E-state index contributed by atoms with van der Waals surface area (Å²) in [5.41, 5.74) is 9.86. The predicted octanol–water partition coefficient (Wildman–Crippen LogP) is 1.16. The second kappa shape index (κ2) is 4.23. The van der Waals surface area contributed by atoms with Crippen LogP contribution in [0.1, 0.15) is 22.5 Å². The Morgan fingerprint density at radius 1 is 1.27 bits per heavy atom. The van der Waals surface area contributed by atoms with Gasteiger partial charge in [-0.05, 0) is 24.1 Å². The topological polar surface area (TPSA) is 67.6 Å². The SMILES string of the molecule is Cc1cc(Cc2cncc(CN)c2)n[nH]1. The van der Waals surface area contributed by atoms with E-state index in [0.29, 0.717) is 6.54 Å². The standard InChI is InChI=1S/C11H14N4/c1-8-2-11(15-14-8)4-9-3-10(5-12)7-13-6-9/h2-3,6-7H,4-5,12H2,1H3,(H,14,15). The van der Waals surface area contributed by atoms with Gasteiger partial charge < -0.3 is 5.73 Å². The molecule has 4 nitrogen and oxygen atoms in total. The molecular formula is C11H14N4. The smallest absolute Gasteiger partial charge is 0.0669 e. The van der Waals surface area contributed by atoms with Crippen LogP contribution in [-0.2, 0) is 13.0 Å². The van der Waals surface area contributed by atoms with Crippen LogP contribution in [0.15, 0.2) is 24.5 Å². The minimum Gasteiger partial charge on any atom is -0.326 e. The summed E-state index contributed by atoms with van der Waals surface area (Å²) in [4.78, 5) is 4.14. The van der Waals surface area contributed by atoms with E-state index in [0.717, 1.165) is 28.9 Å². The Labute approximate surface area is 88.5 Å². The lowest BCUT2D eigenvalue weighted by molar-refractivity contribution is 0.965. The van der Waals surface area contributed by atoms with Crippen LogP contribution in [0.3, 0.4) is 0 Å². The molecular weight excluding hydrogens is 188 g/mol. The number of nitrogens with one attached hydrogen (secondary N) is 1. The van der Waals surface area contributed by atoms with Crippen LogP contribution >= 0.6 is 0 Å². The quantitative estimate of drug-likeness (QED) is 0.784. The van der Waals surface area contributed by atoms with Gasteiger partial charge in [0.2, 0.25) is 0 Å². The van der Waals surface area contributed by atoms with Crippen LogP contribution in [0.25, 0.3) is 0 Å². The molecule has 2 heterocycles. The lowest BCUT2D eigenvalue weighted by Crippen LogP contribution is -1.99. The molecule has 0 fully saturated rings. The van der Waals surface area contributed by atoms with Crippen molar-refractivity contribution in [3.8, 4) is 0 Å². The van der Waals surface area contributed by atoms with E-state index in [4.69, 9.17) is 5.73 Å². The molecule has 0 aliphatic rings. The molecule has 0 spiro atoms. The molecule has 2 rings (SSSR count).